The Hall–Kier alpha value is -4.97. The quantitative estimate of drug-likeness (QED) is 0.436. The summed E-state index contributed by atoms with van der Waals surface area (Å²) in [5, 5.41) is 9.49. The lowest BCUT2D eigenvalue weighted by atomic mass is 10.1. The average molecular weight is 479 g/mol. The topological polar surface area (TPSA) is 113 Å². The lowest BCUT2D eigenvalue weighted by Gasteiger charge is -2.20. The number of pyridine rings is 1. The van der Waals surface area contributed by atoms with Crippen LogP contribution in [0.3, 0.4) is 0 Å². The van der Waals surface area contributed by atoms with E-state index in [9.17, 15) is 9.59 Å². The second-order valence-corrected chi connectivity index (χ2v) is 8.17. The third-order valence-corrected chi connectivity index (χ3v) is 5.64. The van der Waals surface area contributed by atoms with E-state index >= 15 is 0 Å². The van der Waals surface area contributed by atoms with Gasteiger partial charge < -0.3 is 15.0 Å². The number of nitrogens with one attached hydrogen (secondary N) is 2. The highest BCUT2D eigenvalue weighted by molar-refractivity contribution is 6.02. The smallest absolute Gasteiger partial charge is 0.291 e. The van der Waals surface area contributed by atoms with Crippen molar-refractivity contribution in [1.29, 1.82) is 0 Å². The van der Waals surface area contributed by atoms with Crippen LogP contribution in [-0.4, -0.2) is 51.7 Å². The number of fused-ring (bicyclic) bond motifs is 1. The fourth-order valence-corrected chi connectivity index (χ4v) is 3.75. The minimum atomic E-state index is -0.905. The summed E-state index contributed by atoms with van der Waals surface area (Å²) < 4.78 is 5.86. The van der Waals surface area contributed by atoms with Gasteiger partial charge in [0.1, 0.15) is 24.2 Å². The third kappa shape index (κ3) is 5.08. The normalized spacial score (nSPS) is 14.6. The number of likely N-dealkylation sites (N-methyl/N-ethyl adjacent to an activating group) is 1. The van der Waals surface area contributed by atoms with Gasteiger partial charge in [-0.15, -0.1) is 5.10 Å². The van der Waals surface area contributed by atoms with Crippen LogP contribution in [0, 0.1) is 11.8 Å². The predicted octanol–water partition coefficient (Wildman–Crippen LogP) is 2.34. The van der Waals surface area contributed by atoms with Gasteiger partial charge in [-0.1, -0.05) is 42.2 Å². The largest absolute Gasteiger partial charge is 0.489 e. The second-order valence-electron chi connectivity index (χ2n) is 8.17. The Bertz CT molecular complexity index is 1460. The fourth-order valence-electron chi connectivity index (χ4n) is 3.75. The monoisotopic (exact) mass is 478 g/mol. The summed E-state index contributed by atoms with van der Waals surface area (Å²) in [7, 11) is 1.64. The number of rotatable bonds is 4. The number of nitrogens with zero attached hydrogens (tertiary/aromatic N) is 4. The molecule has 36 heavy (non-hydrogen) atoms. The van der Waals surface area contributed by atoms with Crippen LogP contribution in [0.1, 0.15) is 33.1 Å². The van der Waals surface area contributed by atoms with Gasteiger partial charge in [0.25, 0.3) is 11.8 Å². The van der Waals surface area contributed by atoms with Crippen LogP contribution in [0.25, 0.3) is 0 Å². The van der Waals surface area contributed by atoms with E-state index in [0.717, 1.165) is 16.7 Å². The van der Waals surface area contributed by atoms with Crippen LogP contribution in [0.4, 0.5) is 5.69 Å². The highest BCUT2D eigenvalue weighted by Crippen LogP contribution is 2.31. The molecule has 2 aromatic carbocycles. The van der Waals surface area contributed by atoms with Gasteiger partial charge in [-0.25, -0.2) is 4.98 Å². The van der Waals surface area contributed by atoms with E-state index in [1.165, 1.54) is 4.90 Å². The molecule has 4 aromatic rings. The standard InChI is InChI=1S/C27H22N6O3/c1-33-22-15-20(8-7-18-11-13-28-14-12-18)9-10-23(22)36-17-21(27(33)35)29-26(34)25-30-24(31-32-25)16-19-5-3-2-4-6-19/h2-6,9-15,21H,16-17H2,1H3,(H,29,34)(H,30,31,32)/t21-/m0/s1. The maximum Gasteiger partial charge on any atom is 0.291 e. The van der Waals surface area contributed by atoms with Gasteiger partial charge in [0.2, 0.25) is 5.82 Å². The number of carbonyl (C=O) groups is 2. The molecule has 1 aliphatic rings. The van der Waals surface area contributed by atoms with Gasteiger partial charge in [0, 0.05) is 37.0 Å². The second kappa shape index (κ2) is 10.1. The number of hydrogen-bond donors (Lipinski definition) is 2. The zero-order valence-corrected chi connectivity index (χ0v) is 19.4. The molecule has 0 radical (unpaired) electrons. The molecule has 0 saturated carbocycles. The molecule has 0 fully saturated rings. The summed E-state index contributed by atoms with van der Waals surface area (Å²) in [6.07, 6.45) is 3.87. The molecule has 9 heteroatoms. The van der Waals surface area contributed by atoms with Crippen molar-refractivity contribution >= 4 is 17.5 Å². The van der Waals surface area contributed by atoms with Crippen molar-refractivity contribution in [2.45, 2.75) is 12.5 Å². The number of carbonyl (C=O) groups excluding carboxylic acids is 2. The van der Waals surface area contributed by atoms with Crippen molar-refractivity contribution in [2.24, 2.45) is 0 Å². The minimum Gasteiger partial charge on any atom is -0.489 e. The number of ether oxygens (including phenoxy) is 1. The molecule has 2 aromatic heterocycles. The molecule has 5 rings (SSSR count). The molecule has 1 atom stereocenters. The first-order chi connectivity index (χ1) is 17.6. The number of H-pyrrole nitrogens is 1. The predicted molar refractivity (Wildman–Crippen MR) is 132 cm³/mol. The average Bonchev–Trinajstić information content (AvgIpc) is 3.35. The van der Waals surface area contributed by atoms with Gasteiger partial charge in [-0.3, -0.25) is 19.7 Å². The number of hydrogen-bond acceptors (Lipinski definition) is 6. The maximum atomic E-state index is 13.2. The Morgan fingerprint density at radius 2 is 1.89 bits per heavy atom. The van der Waals surface area contributed by atoms with E-state index in [1.54, 1.807) is 31.6 Å². The highest BCUT2D eigenvalue weighted by Gasteiger charge is 2.31. The summed E-state index contributed by atoms with van der Waals surface area (Å²) in [4.78, 5) is 35.7. The van der Waals surface area contributed by atoms with Crippen LogP contribution in [0.5, 0.6) is 5.75 Å². The number of aromatic amines is 1. The number of aromatic nitrogens is 4. The molecule has 9 nitrogen and oxygen atoms in total. The van der Waals surface area contributed by atoms with Gasteiger partial charge in [0.05, 0.1) is 5.69 Å². The molecular weight excluding hydrogens is 456 g/mol. The fraction of sp³-hybridized carbons (Fsp3) is 0.148. The molecule has 0 unspecified atom stereocenters. The van der Waals surface area contributed by atoms with E-state index in [-0.39, 0.29) is 18.3 Å². The Kier molecular flexibility index (Phi) is 6.40. The lowest BCUT2D eigenvalue weighted by Crippen LogP contribution is -2.49. The molecule has 178 valence electrons. The summed E-state index contributed by atoms with van der Waals surface area (Å²) in [5.74, 6) is 6.33. The summed E-state index contributed by atoms with van der Waals surface area (Å²) in [5.41, 5.74) is 3.17. The van der Waals surface area contributed by atoms with E-state index in [2.05, 4.69) is 37.3 Å². The van der Waals surface area contributed by atoms with Gasteiger partial charge in [0.15, 0.2) is 0 Å². The summed E-state index contributed by atoms with van der Waals surface area (Å²) in [6.45, 7) is -0.0226. The summed E-state index contributed by atoms with van der Waals surface area (Å²) >= 11 is 0. The van der Waals surface area contributed by atoms with Crippen molar-refractivity contribution in [3.63, 3.8) is 0 Å². The van der Waals surface area contributed by atoms with Crippen molar-refractivity contribution in [3.8, 4) is 17.6 Å². The minimum absolute atomic E-state index is 0.0226. The molecule has 0 spiro atoms. The molecule has 2 amide bonds. The first-order valence-electron chi connectivity index (χ1n) is 11.3. The van der Waals surface area contributed by atoms with E-state index < -0.39 is 11.9 Å². The van der Waals surface area contributed by atoms with Crippen molar-refractivity contribution < 1.29 is 14.3 Å². The van der Waals surface area contributed by atoms with E-state index in [4.69, 9.17) is 4.74 Å². The number of benzene rings is 2. The van der Waals surface area contributed by atoms with Gasteiger partial charge in [-0.2, -0.15) is 0 Å². The molecule has 1 aliphatic heterocycles. The zero-order chi connectivity index (χ0) is 24.9. The molecule has 0 saturated heterocycles. The van der Waals surface area contributed by atoms with Crippen molar-refractivity contribution in [1.82, 2.24) is 25.5 Å². The SMILES string of the molecule is CN1C(=O)[C@@H](NC(=O)c2n[nH]c(Cc3ccccc3)n2)COc2ccc(C#Cc3ccncc3)cc21. The van der Waals surface area contributed by atoms with Crippen molar-refractivity contribution in [2.75, 3.05) is 18.6 Å². The van der Waals surface area contributed by atoms with Crippen molar-refractivity contribution in [3.05, 3.63) is 101 Å². The first-order valence-corrected chi connectivity index (χ1v) is 11.3. The van der Waals surface area contributed by atoms with Gasteiger partial charge >= 0.3 is 0 Å². The van der Waals surface area contributed by atoms with Gasteiger partial charge in [-0.05, 0) is 35.9 Å². The van der Waals surface area contributed by atoms with Crippen LogP contribution in [-0.2, 0) is 11.2 Å². The lowest BCUT2D eigenvalue weighted by molar-refractivity contribution is -0.120. The van der Waals surface area contributed by atoms with Crippen LogP contribution in [0.2, 0.25) is 0 Å². The van der Waals surface area contributed by atoms with Crippen LogP contribution >= 0.6 is 0 Å². The number of amides is 2. The Morgan fingerprint density at radius 1 is 1.11 bits per heavy atom. The van der Waals surface area contributed by atoms with E-state index in [0.29, 0.717) is 23.7 Å². The van der Waals surface area contributed by atoms with Crippen LogP contribution < -0.4 is 15.0 Å². The Balaban J connectivity index is 1.28. The molecular formula is C27H22N6O3. The molecule has 0 aliphatic carbocycles. The maximum absolute atomic E-state index is 13.2. The molecule has 3 heterocycles. The van der Waals surface area contributed by atoms with Crippen LogP contribution in [0.15, 0.2) is 73.1 Å². The molecule has 0 bridgehead atoms. The highest BCUT2D eigenvalue weighted by atomic mass is 16.5. The first kappa shape index (κ1) is 22.8. The Labute approximate surface area is 207 Å². The zero-order valence-electron chi connectivity index (χ0n) is 19.4. The summed E-state index contributed by atoms with van der Waals surface area (Å²) in [6, 6.07) is 17.8. The Morgan fingerprint density at radius 3 is 2.69 bits per heavy atom. The third-order valence-electron chi connectivity index (χ3n) is 5.64. The number of anilines is 1. The molecule has 2 N–H and O–H groups in total. The van der Waals surface area contributed by atoms with E-state index in [1.807, 2.05) is 48.5 Å².